The third-order valence-corrected chi connectivity index (χ3v) is 10.1. The molecule has 0 aliphatic carbocycles. The Bertz CT molecular complexity index is 766. The molecule has 0 radical (unpaired) electrons. The number of esters is 3. The zero-order chi connectivity index (χ0) is 36.9. The van der Waals surface area contributed by atoms with E-state index in [9.17, 15) is 14.4 Å². The van der Waals surface area contributed by atoms with Crippen LogP contribution in [0.5, 0.6) is 0 Å². The van der Waals surface area contributed by atoms with Gasteiger partial charge in [-0.2, -0.15) is 0 Å². The van der Waals surface area contributed by atoms with E-state index in [1.807, 2.05) is 0 Å². The minimum atomic E-state index is -0.759. The normalized spacial score (nSPS) is 12.6. The molecule has 0 amide bonds. The molecule has 0 bridgehead atoms. The average Bonchev–Trinajstić information content (AvgIpc) is 3.09. The summed E-state index contributed by atoms with van der Waals surface area (Å²) in [5, 5.41) is 0. The summed E-state index contributed by atoms with van der Waals surface area (Å²) >= 11 is 0. The first-order chi connectivity index (χ1) is 24.3. The summed E-state index contributed by atoms with van der Waals surface area (Å²) in [4.78, 5) is 37.5. The van der Waals surface area contributed by atoms with Crippen molar-refractivity contribution in [3.63, 3.8) is 0 Å². The lowest BCUT2D eigenvalue weighted by atomic mass is 10.00. The molecule has 0 aliphatic rings. The smallest absolute Gasteiger partial charge is 0.306 e. The minimum absolute atomic E-state index is 0.0662. The molecule has 0 heterocycles. The molecule has 50 heavy (non-hydrogen) atoms. The van der Waals surface area contributed by atoms with Gasteiger partial charge < -0.3 is 14.2 Å². The van der Waals surface area contributed by atoms with E-state index in [0.29, 0.717) is 19.3 Å². The van der Waals surface area contributed by atoms with E-state index in [1.165, 1.54) is 122 Å². The second-order valence-electron chi connectivity index (χ2n) is 15.7. The number of carbonyl (C=O) groups is 3. The minimum Gasteiger partial charge on any atom is -0.462 e. The van der Waals surface area contributed by atoms with Crippen molar-refractivity contribution in [2.75, 3.05) is 13.2 Å². The monoisotopic (exact) mass is 709 g/mol. The standard InChI is InChI=1S/C44H84O6/c1-6-8-9-10-17-26-31-36-44(47)50-41(38-49-43(46)35-30-25-21-20-23-28-33-40(5)7-2)37-48-42(45)34-29-24-19-16-14-12-11-13-15-18-22-27-32-39(3)4/h39-41H,6-38H2,1-5H3/t40?,41-/m0/s1. The Morgan fingerprint density at radius 3 is 1.14 bits per heavy atom. The van der Waals surface area contributed by atoms with Crippen LogP contribution in [-0.4, -0.2) is 37.2 Å². The third-order valence-electron chi connectivity index (χ3n) is 10.1. The van der Waals surface area contributed by atoms with Crippen LogP contribution in [0.2, 0.25) is 0 Å². The third kappa shape index (κ3) is 36.2. The van der Waals surface area contributed by atoms with Crippen molar-refractivity contribution in [3.8, 4) is 0 Å². The molecule has 0 spiro atoms. The molecule has 0 saturated heterocycles. The molecule has 0 saturated carbocycles. The Morgan fingerprint density at radius 2 is 0.760 bits per heavy atom. The maximum Gasteiger partial charge on any atom is 0.306 e. The highest BCUT2D eigenvalue weighted by molar-refractivity contribution is 5.71. The number of carbonyl (C=O) groups excluding carboxylic acids is 3. The Labute approximate surface area is 310 Å². The largest absolute Gasteiger partial charge is 0.462 e. The van der Waals surface area contributed by atoms with Gasteiger partial charge in [0.15, 0.2) is 6.10 Å². The predicted molar refractivity (Wildman–Crippen MR) is 210 cm³/mol. The van der Waals surface area contributed by atoms with E-state index >= 15 is 0 Å². The van der Waals surface area contributed by atoms with Crippen molar-refractivity contribution in [2.45, 2.75) is 240 Å². The molecule has 0 aromatic carbocycles. The molecular formula is C44H84O6. The molecule has 0 aromatic heterocycles. The summed E-state index contributed by atoms with van der Waals surface area (Å²) in [6, 6.07) is 0. The van der Waals surface area contributed by atoms with Gasteiger partial charge in [0.25, 0.3) is 0 Å². The van der Waals surface area contributed by atoms with Gasteiger partial charge >= 0.3 is 17.9 Å². The molecular weight excluding hydrogens is 624 g/mol. The summed E-state index contributed by atoms with van der Waals surface area (Å²) < 4.78 is 16.6. The summed E-state index contributed by atoms with van der Waals surface area (Å²) in [5.74, 6) is 0.779. The SMILES string of the molecule is CCCCCCCCCC(=O)O[C@@H](COC(=O)CCCCCCCCCCCCCCC(C)C)COC(=O)CCCCCCCCC(C)CC. The molecule has 296 valence electrons. The van der Waals surface area contributed by atoms with Crippen molar-refractivity contribution in [1.29, 1.82) is 0 Å². The maximum atomic E-state index is 12.6. The molecule has 0 aliphatic heterocycles. The van der Waals surface area contributed by atoms with Crippen LogP contribution in [0.15, 0.2) is 0 Å². The average molecular weight is 709 g/mol. The fraction of sp³-hybridized carbons (Fsp3) is 0.932. The second kappa shape index (κ2) is 37.2. The molecule has 2 atom stereocenters. The topological polar surface area (TPSA) is 78.9 Å². The lowest BCUT2D eigenvalue weighted by molar-refractivity contribution is -0.167. The lowest BCUT2D eigenvalue weighted by Gasteiger charge is -2.18. The van der Waals surface area contributed by atoms with Gasteiger partial charge in [-0.3, -0.25) is 14.4 Å². The van der Waals surface area contributed by atoms with Crippen molar-refractivity contribution in [2.24, 2.45) is 11.8 Å². The van der Waals surface area contributed by atoms with E-state index in [-0.39, 0.29) is 31.1 Å². The van der Waals surface area contributed by atoms with Crippen LogP contribution in [-0.2, 0) is 28.6 Å². The van der Waals surface area contributed by atoms with Crippen molar-refractivity contribution >= 4 is 17.9 Å². The Kier molecular flexibility index (Phi) is 36.0. The molecule has 6 nitrogen and oxygen atoms in total. The fourth-order valence-electron chi connectivity index (χ4n) is 6.37. The molecule has 0 aromatic rings. The Morgan fingerprint density at radius 1 is 0.420 bits per heavy atom. The van der Waals surface area contributed by atoms with Crippen LogP contribution in [0.3, 0.4) is 0 Å². The molecule has 0 N–H and O–H groups in total. The Hall–Kier alpha value is -1.59. The Balaban J connectivity index is 4.25. The van der Waals surface area contributed by atoms with Crippen LogP contribution in [0.4, 0.5) is 0 Å². The number of rotatable bonds is 38. The van der Waals surface area contributed by atoms with Crippen molar-refractivity contribution in [3.05, 3.63) is 0 Å². The summed E-state index contributed by atoms with van der Waals surface area (Å²) in [6.07, 6.45) is 33.9. The van der Waals surface area contributed by atoms with Gasteiger partial charge in [0.1, 0.15) is 13.2 Å². The van der Waals surface area contributed by atoms with Gasteiger partial charge in [-0.1, -0.05) is 195 Å². The van der Waals surface area contributed by atoms with Crippen molar-refractivity contribution < 1.29 is 28.6 Å². The van der Waals surface area contributed by atoms with Crippen LogP contribution in [0, 0.1) is 11.8 Å². The quantitative estimate of drug-likeness (QED) is 0.0361. The number of hydrogen-bond acceptors (Lipinski definition) is 6. The molecule has 0 rings (SSSR count). The first-order valence-corrected chi connectivity index (χ1v) is 21.8. The lowest BCUT2D eigenvalue weighted by Crippen LogP contribution is -2.30. The van der Waals surface area contributed by atoms with Crippen LogP contribution < -0.4 is 0 Å². The second-order valence-corrected chi connectivity index (χ2v) is 15.7. The fourth-order valence-corrected chi connectivity index (χ4v) is 6.37. The molecule has 1 unspecified atom stereocenters. The summed E-state index contributed by atoms with van der Waals surface area (Å²) in [5.41, 5.74) is 0. The van der Waals surface area contributed by atoms with Crippen LogP contribution in [0.1, 0.15) is 234 Å². The van der Waals surface area contributed by atoms with E-state index in [1.54, 1.807) is 0 Å². The van der Waals surface area contributed by atoms with E-state index in [0.717, 1.165) is 69.6 Å². The van der Waals surface area contributed by atoms with Gasteiger partial charge in [-0.05, 0) is 31.1 Å². The zero-order valence-corrected chi connectivity index (χ0v) is 34.0. The highest BCUT2D eigenvalue weighted by Gasteiger charge is 2.19. The summed E-state index contributed by atoms with van der Waals surface area (Å²) in [6.45, 7) is 11.3. The number of hydrogen-bond donors (Lipinski definition) is 0. The van der Waals surface area contributed by atoms with Crippen molar-refractivity contribution in [1.82, 2.24) is 0 Å². The highest BCUT2D eigenvalue weighted by Crippen LogP contribution is 2.17. The number of unbranched alkanes of at least 4 members (excludes halogenated alkanes) is 22. The maximum absolute atomic E-state index is 12.6. The first-order valence-electron chi connectivity index (χ1n) is 21.8. The zero-order valence-electron chi connectivity index (χ0n) is 34.0. The van der Waals surface area contributed by atoms with Gasteiger partial charge in [-0.15, -0.1) is 0 Å². The van der Waals surface area contributed by atoms with Crippen LogP contribution in [0.25, 0.3) is 0 Å². The van der Waals surface area contributed by atoms with E-state index < -0.39 is 6.10 Å². The van der Waals surface area contributed by atoms with Gasteiger partial charge in [-0.25, -0.2) is 0 Å². The molecule has 6 heteroatoms. The van der Waals surface area contributed by atoms with E-state index in [2.05, 4.69) is 34.6 Å². The summed E-state index contributed by atoms with van der Waals surface area (Å²) in [7, 11) is 0. The predicted octanol–water partition coefficient (Wildman–Crippen LogP) is 13.4. The van der Waals surface area contributed by atoms with Gasteiger partial charge in [0, 0.05) is 19.3 Å². The van der Waals surface area contributed by atoms with Crippen LogP contribution >= 0.6 is 0 Å². The molecule has 0 fully saturated rings. The highest BCUT2D eigenvalue weighted by atomic mass is 16.6. The van der Waals surface area contributed by atoms with E-state index in [4.69, 9.17) is 14.2 Å². The van der Waals surface area contributed by atoms with Gasteiger partial charge in [0.2, 0.25) is 0 Å². The van der Waals surface area contributed by atoms with Gasteiger partial charge in [0.05, 0.1) is 0 Å². The first kappa shape index (κ1) is 48.4. The number of ether oxygens (including phenoxy) is 3.